The monoisotopic (exact) mass is 1470 g/mol. The molecule has 85 heavy (non-hydrogen) atoms. The second kappa shape index (κ2) is 26.9. The first-order valence-corrected chi connectivity index (χ1v) is 29.0. The van der Waals surface area contributed by atoms with Gasteiger partial charge in [0.2, 0.25) is 0 Å². The van der Waals surface area contributed by atoms with Crippen LogP contribution in [0.5, 0.6) is 0 Å². The van der Waals surface area contributed by atoms with E-state index in [1.807, 2.05) is 127 Å². The van der Waals surface area contributed by atoms with Crippen molar-refractivity contribution in [3.05, 3.63) is 217 Å². The highest BCUT2D eigenvalue weighted by atomic mass is 127. The minimum atomic E-state index is -0.949. The lowest BCUT2D eigenvalue weighted by molar-refractivity contribution is 0.0696. The summed E-state index contributed by atoms with van der Waals surface area (Å²) in [6, 6.07) is 30.6. The van der Waals surface area contributed by atoms with Gasteiger partial charge < -0.3 is 37.9 Å². The fourth-order valence-electron chi connectivity index (χ4n) is 10.1. The van der Waals surface area contributed by atoms with Gasteiger partial charge in [-0.2, -0.15) is 0 Å². The van der Waals surface area contributed by atoms with Crippen LogP contribution in [0.3, 0.4) is 0 Å². The number of fused-ring (bicyclic) bond motifs is 3. The number of aromatic amines is 1. The molecule has 0 bridgehead atoms. The van der Waals surface area contributed by atoms with Crippen molar-refractivity contribution in [3.8, 4) is 44.5 Å². The van der Waals surface area contributed by atoms with Crippen molar-refractivity contribution in [2.24, 2.45) is 0 Å². The van der Waals surface area contributed by atoms with E-state index in [-0.39, 0.29) is 41.6 Å². The van der Waals surface area contributed by atoms with Crippen LogP contribution in [-0.2, 0) is 0 Å². The summed E-state index contributed by atoms with van der Waals surface area (Å²) in [6.07, 6.45) is 16.6. The highest BCUT2D eigenvalue weighted by molar-refractivity contribution is 14.1. The van der Waals surface area contributed by atoms with Gasteiger partial charge in [-0.3, -0.25) is 29.9 Å². The summed E-state index contributed by atoms with van der Waals surface area (Å²) < 4.78 is 22.5. The van der Waals surface area contributed by atoms with E-state index in [0.29, 0.717) is 0 Å². The number of nitrogens with one attached hydrogen (secondary N) is 1. The molecule has 3 N–H and O–H groups in total. The number of carboxylic acids is 1. The van der Waals surface area contributed by atoms with E-state index in [9.17, 15) is 9.90 Å². The average molecular weight is 1470 g/mol. The van der Waals surface area contributed by atoms with E-state index in [0.717, 1.165) is 136 Å². The van der Waals surface area contributed by atoms with E-state index in [1.54, 1.807) is 37.5 Å². The molecular formula is C64H59I3N12O6. The van der Waals surface area contributed by atoms with Gasteiger partial charge in [0.05, 0.1) is 87.1 Å². The molecule has 0 spiro atoms. The van der Waals surface area contributed by atoms with Crippen molar-refractivity contribution in [1.82, 2.24) is 59.5 Å². The lowest BCUT2D eigenvalue weighted by atomic mass is 10.0. The van der Waals surface area contributed by atoms with Gasteiger partial charge >= 0.3 is 5.97 Å². The number of aromatic carboxylic acids is 1. The second-order valence-corrected chi connectivity index (χ2v) is 22.4. The highest BCUT2D eigenvalue weighted by Gasteiger charge is 2.22. The first-order chi connectivity index (χ1) is 40.5. The van der Waals surface area contributed by atoms with Crippen LogP contribution >= 0.6 is 69.2 Å². The van der Waals surface area contributed by atoms with Crippen LogP contribution in [0.1, 0.15) is 101 Å². The van der Waals surface area contributed by atoms with Gasteiger partial charge in [0.1, 0.15) is 28.3 Å². The van der Waals surface area contributed by atoms with Gasteiger partial charge in [-0.1, -0.05) is 45.8 Å². The number of aromatic nitrogens is 12. The van der Waals surface area contributed by atoms with E-state index >= 15 is 0 Å². The topological polar surface area (TPSA) is 239 Å². The molecule has 0 aliphatic carbocycles. The molecule has 0 aliphatic heterocycles. The Balaban J connectivity index is 0.000000147. The Labute approximate surface area is 533 Å². The molecule has 1 aromatic carbocycles. The zero-order chi connectivity index (χ0) is 59.3. The molecule has 432 valence electrons. The van der Waals surface area contributed by atoms with Crippen molar-refractivity contribution in [3.63, 3.8) is 0 Å². The van der Waals surface area contributed by atoms with Crippen LogP contribution in [-0.4, -0.2) is 75.7 Å². The number of pyridine rings is 6. The number of benzene rings is 1. The molecule has 0 amide bonds. The number of H-pyrrole nitrogens is 1. The molecule has 0 unspecified atom stereocenters. The number of aliphatic hydroxyl groups excluding tert-OH is 1. The molecule has 12 aromatic heterocycles. The Hall–Kier alpha value is -8.01. The average Bonchev–Trinajstić information content (AvgIpc) is 2.31. The Morgan fingerprint density at radius 1 is 0.529 bits per heavy atom. The Bertz CT molecular complexity index is 4360. The molecule has 3 atom stereocenters. The summed E-state index contributed by atoms with van der Waals surface area (Å²) in [5.41, 5.74) is 19.2. The molecule has 13 rings (SSSR count). The van der Waals surface area contributed by atoms with Gasteiger partial charge in [0.15, 0.2) is 0 Å². The third-order valence-corrected chi connectivity index (χ3v) is 16.0. The lowest BCUT2D eigenvalue weighted by Crippen LogP contribution is -2.07. The number of carbonyl (C=O) groups is 1. The third-order valence-electron chi connectivity index (χ3n) is 14.4. The summed E-state index contributed by atoms with van der Waals surface area (Å²) >= 11 is 4.60. The lowest BCUT2D eigenvalue weighted by Gasteiger charge is -2.15. The largest absolute Gasteiger partial charge is 0.478 e. The zero-order valence-corrected chi connectivity index (χ0v) is 54.4. The van der Waals surface area contributed by atoms with Gasteiger partial charge in [0.25, 0.3) is 0 Å². The Kier molecular flexibility index (Phi) is 19.5. The minimum Gasteiger partial charge on any atom is -0.478 e. The van der Waals surface area contributed by atoms with E-state index in [4.69, 9.17) is 28.6 Å². The third kappa shape index (κ3) is 13.3. The van der Waals surface area contributed by atoms with Gasteiger partial charge in [0, 0.05) is 94.7 Å². The van der Waals surface area contributed by atoms with Crippen molar-refractivity contribution < 1.29 is 28.6 Å². The maximum Gasteiger partial charge on any atom is 0.335 e. The van der Waals surface area contributed by atoms with Crippen LogP contribution in [0.25, 0.3) is 77.6 Å². The van der Waals surface area contributed by atoms with Gasteiger partial charge in [-0.15, -0.1) is 24.0 Å². The Morgan fingerprint density at radius 2 is 0.965 bits per heavy atom. The number of halogens is 3. The molecule has 0 saturated heterocycles. The van der Waals surface area contributed by atoms with Crippen LogP contribution in [0.4, 0.5) is 0 Å². The number of aryl methyl sites for hydroxylation is 6. The molecule has 21 heteroatoms. The number of aliphatic hydroxyl groups is 1. The number of rotatable bonds is 10. The van der Waals surface area contributed by atoms with Gasteiger partial charge in [-0.05, 0) is 180 Å². The van der Waals surface area contributed by atoms with Crippen LogP contribution in [0.2, 0.25) is 0 Å². The summed E-state index contributed by atoms with van der Waals surface area (Å²) in [7, 11) is 0. The number of hydrogen-bond donors (Lipinski definition) is 3. The maximum atomic E-state index is 11.3. The molecule has 0 fully saturated rings. The van der Waals surface area contributed by atoms with E-state index in [1.165, 1.54) is 0 Å². The fraction of sp³-hybridized carbons (Fsp3) is 0.188. The minimum absolute atomic E-state index is 0. The molecule has 13 aromatic rings. The predicted octanol–water partition coefficient (Wildman–Crippen LogP) is 15.8. The molecule has 12 heterocycles. The van der Waals surface area contributed by atoms with Crippen molar-refractivity contribution in [2.45, 2.75) is 80.5 Å². The standard InChI is InChI=1S/C26H22N4O3.C19H17IN4O.C12H10IN3O.C7H9NO.HI/c1-15-24(17(3)33-29-15)20-12-23-25(28-13-20)21(18-7-9-19(10-8-18)26(31)32)14-30(23)16(2)22-6-4-5-11-27-22;1-11-18(13(3)25-23-11)14-8-17-19(22-9-14)15(20)10-24(17)12(2)16-6-4-5-7-21-16;1-6-11(7(2)17-16-6)8-3-10-12(15-4-8)9(13)5-14-10;1-6(9)7-4-2-3-5-8-7;/h4-14,16H,1-3H3,(H,31,32);4-10,12H,1-3H3;3-5,14H,1-2H3;2-6,9H,1H3;1H/t16-;12-;;6-;/m00.1./s1. The number of carboxylic acid groups (broad SMARTS) is 1. The summed E-state index contributed by atoms with van der Waals surface area (Å²) in [5, 5.41) is 30.3. The zero-order valence-electron chi connectivity index (χ0n) is 47.8. The SMILES string of the molecule is C[C@@H](O)c1ccccn1.Cc1noc(C)c1-c1cnc2c(-c3ccc(C(=O)O)cc3)cn([C@@H](C)c3ccccn3)c2c1.Cc1noc(C)c1-c1cnc2c(I)c[nH]c2c1.Cc1noc(C)c1-c1cnc2c(I)cn([C@@H](C)c3ccccn3)c2c1.I. The predicted molar refractivity (Wildman–Crippen MR) is 355 cm³/mol. The van der Waals surface area contributed by atoms with E-state index in [2.05, 4.69) is 145 Å². The van der Waals surface area contributed by atoms with Crippen LogP contribution in [0.15, 0.2) is 166 Å². The molecule has 0 saturated carbocycles. The summed E-state index contributed by atoms with van der Waals surface area (Å²) in [4.78, 5) is 41.5. The first-order valence-electron chi connectivity index (χ1n) is 26.8. The van der Waals surface area contributed by atoms with Crippen LogP contribution in [0, 0.1) is 48.7 Å². The number of nitrogens with zero attached hydrogens (tertiary/aromatic N) is 11. The fourth-order valence-corrected chi connectivity index (χ4v) is 11.4. The summed E-state index contributed by atoms with van der Waals surface area (Å²) in [5.74, 6) is 1.43. The Morgan fingerprint density at radius 3 is 1.39 bits per heavy atom. The first kappa shape index (κ1) is 61.5. The smallest absolute Gasteiger partial charge is 0.335 e. The summed E-state index contributed by atoms with van der Waals surface area (Å²) in [6.45, 7) is 17.5. The van der Waals surface area contributed by atoms with Crippen LogP contribution < -0.4 is 0 Å². The normalized spacial score (nSPS) is 12.1. The molecular weight excluding hydrogens is 1410 g/mol. The van der Waals surface area contributed by atoms with Crippen molar-refractivity contribution >= 4 is 108 Å². The quantitative estimate of drug-likeness (QED) is 0.108. The van der Waals surface area contributed by atoms with Crippen molar-refractivity contribution in [1.29, 1.82) is 0 Å². The number of hydrogen-bond acceptors (Lipinski definition) is 14. The van der Waals surface area contributed by atoms with E-state index < -0.39 is 12.1 Å². The van der Waals surface area contributed by atoms with Crippen molar-refractivity contribution in [2.75, 3.05) is 0 Å². The second-order valence-electron chi connectivity index (χ2n) is 20.0. The maximum absolute atomic E-state index is 11.3. The van der Waals surface area contributed by atoms with Gasteiger partial charge in [-0.25, -0.2) is 4.79 Å². The molecule has 0 aliphatic rings. The highest BCUT2D eigenvalue weighted by Crippen LogP contribution is 2.38. The molecule has 18 nitrogen and oxygen atoms in total. The molecule has 0 radical (unpaired) electrons.